The average Bonchev–Trinajstić information content (AvgIpc) is 2.26. The smallest absolute Gasteiger partial charge is 0.151 e. The molecule has 0 aromatic carbocycles. The van der Waals surface area contributed by atoms with E-state index in [1.165, 1.54) is 0 Å². The second kappa shape index (κ2) is 6.26. The summed E-state index contributed by atoms with van der Waals surface area (Å²) in [4.78, 5) is 0. The second-order valence-corrected chi connectivity index (χ2v) is 4.78. The Morgan fingerprint density at radius 2 is 2.31 bits per heavy atom. The molecule has 0 aliphatic carbocycles. The van der Waals surface area contributed by atoms with Crippen LogP contribution in [-0.4, -0.2) is 10.2 Å². The molecule has 0 saturated carbocycles. The van der Waals surface area contributed by atoms with Crippen molar-refractivity contribution in [2.45, 2.75) is 33.6 Å². The van der Waals surface area contributed by atoms with Crippen LogP contribution in [0.25, 0.3) is 0 Å². The van der Waals surface area contributed by atoms with Crippen molar-refractivity contribution in [3.05, 3.63) is 34.1 Å². The summed E-state index contributed by atoms with van der Waals surface area (Å²) in [5, 5.41) is 6.66. The lowest BCUT2D eigenvalue weighted by Gasteiger charge is -2.26. The zero-order chi connectivity index (χ0) is 12.1. The summed E-state index contributed by atoms with van der Waals surface area (Å²) >= 11 is 9.48. The predicted octanol–water partition coefficient (Wildman–Crippen LogP) is 4.74. The molecule has 0 N–H and O–H groups in total. The van der Waals surface area contributed by atoms with E-state index >= 15 is 0 Å². The Morgan fingerprint density at radius 1 is 1.62 bits per heavy atom. The summed E-state index contributed by atoms with van der Waals surface area (Å²) < 4.78 is 0.974. The van der Waals surface area contributed by atoms with Crippen molar-refractivity contribution in [1.82, 2.24) is 5.01 Å². The van der Waals surface area contributed by atoms with Crippen LogP contribution < -0.4 is 0 Å². The number of rotatable bonds is 3. The SMILES string of the molecule is C/C=C(/C)N1N=C(Cl)C=C(Br)/C1=C\CCC. The van der Waals surface area contributed by atoms with Crippen LogP contribution in [0.1, 0.15) is 33.6 Å². The third-order valence-electron chi connectivity index (χ3n) is 2.29. The molecule has 88 valence electrons. The van der Waals surface area contributed by atoms with Gasteiger partial charge in [-0.2, -0.15) is 5.10 Å². The van der Waals surface area contributed by atoms with Gasteiger partial charge in [0.25, 0.3) is 0 Å². The Bertz CT molecular complexity index is 380. The molecule has 1 rings (SSSR count). The zero-order valence-corrected chi connectivity index (χ0v) is 12.1. The van der Waals surface area contributed by atoms with Crippen LogP contribution >= 0.6 is 27.5 Å². The molecule has 2 nitrogen and oxygen atoms in total. The van der Waals surface area contributed by atoms with Gasteiger partial charge < -0.3 is 0 Å². The lowest BCUT2D eigenvalue weighted by molar-refractivity contribution is 0.463. The number of hydrogen-bond acceptors (Lipinski definition) is 2. The molecule has 0 aromatic rings. The van der Waals surface area contributed by atoms with Gasteiger partial charge in [0.1, 0.15) is 0 Å². The lowest BCUT2D eigenvalue weighted by Crippen LogP contribution is -2.19. The van der Waals surface area contributed by atoms with Crippen molar-refractivity contribution in [2.24, 2.45) is 5.10 Å². The Balaban J connectivity index is 3.07. The molecule has 0 bridgehead atoms. The van der Waals surface area contributed by atoms with Crippen molar-refractivity contribution in [1.29, 1.82) is 0 Å². The molecule has 1 aliphatic rings. The highest BCUT2D eigenvalue weighted by Gasteiger charge is 2.18. The highest BCUT2D eigenvalue weighted by atomic mass is 79.9. The van der Waals surface area contributed by atoms with E-state index in [0.29, 0.717) is 5.17 Å². The fraction of sp³-hybridized carbons (Fsp3) is 0.417. The third kappa shape index (κ3) is 3.22. The first kappa shape index (κ1) is 13.5. The molecule has 16 heavy (non-hydrogen) atoms. The van der Waals surface area contributed by atoms with E-state index in [0.717, 1.165) is 28.7 Å². The molecule has 0 saturated heterocycles. The van der Waals surface area contributed by atoms with Gasteiger partial charge in [0, 0.05) is 10.2 Å². The van der Waals surface area contributed by atoms with Crippen molar-refractivity contribution in [3.8, 4) is 0 Å². The van der Waals surface area contributed by atoms with E-state index in [4.69, 9.17) is 11.6 Å². The van der Waals surface area contributed by atoms with E-state index in [-0.39, 0.29) is 0 Å². The van der Waals surface area contributed by atoms with Crippen LogP contribution in [0.4, 0.5) is 0 Å². The third-order valence-corrected chi connectivity index (χ3v) is 3.11. The van der Waals surface area contributed by atoms with Gasteiger partial charge in [0.15, 0.2) is 5.17 Å². The molecule has 0 aromatic heterocycles. The van der Waals surface area contributed by atoms with Crippen LogP contribution in [0.3, 0.4) is 0 Å². The highest BCUT2D eigenvalue weighted by Crippen LogP contribution is 2.30. The molecule has 1 heterocycles. The standard InChI is InChI=1S/C12H16BrClN2/c1-4-6-7-11-10(13)8-12(14)15-16(11)9(3)5-2/h5,7-8H,4,6H2,1-3H3/b9-5-,11-7+. The molecule has 0 radical (unpaired) electrons. The van der Waals surface area contributed by atoms with Crippen LogP contribution in [0, 0.1) is 0 Å². The summed E-state index contributed by atoms with van der Waals surface area (Å²) in [5.41, 5.74) is 2.12. The lowest BCUT2D eigenvalue weighted by atomic mass is 10.2. The van der Waals surface area contributed by atoms with Gasteiger partial charge in [0.2, 0.25) is 0 Å². The molecule has 4 heteroatoms. The largest absolute Gasteiger partial charge is 0.236 e. The number of halogens is 2. The number of unbranched alkanes of at least 4 members (excludes halogenated alkanes) is 1. The summed E-state index contributed by atoms with van der Waals surface area (Å²) in [7, 11) is 0. The fourth-order valence-electron chi connectivity index (χ4n) is 1.31. The number of allylic oxidation sites excluding steroid dienone is 5. The number of hydrazone groups is 1. The van der Waals surface area contributed by atoms with Gasteiger partial charge in [0.05, 0.1) is 5.70 Å². The summed E-state index contributed by atoms with van der Waals surface area (Å²) in [6.45, 7) is 6.15. The Labute approximate surface area is 110 Å². The molecule has 0 amide bonds. The van der Waals surface area contributed by atoms with E-state index < -0.39 is 0 Å². The normalized spacial score (nSPS) is 19.9. The van der Waals surface area contributed by atoms with E-state index in [1.54, 1.807) is 0 Å². The monoisotopic (exact) mass is 302 g/mol. The number of hydrogen-bond donors (Lipinski definition) is 0. The van der Waals surface area contributed by atoms with Gasteiger partial charge in [-0.1, -0.05) is 37.1 Å². The first-order valence-corrected chi connectivity index (χ1v) is 6.52. The van der Waals surface area contributed by atoms with Crippen LogP contribution in [0.2, 0.25) is 0 Å². The summed E-state index contributed by atoms with van der Waals surface area (Å²) in [5.74, 6) is 0. The van der Waals surface area contributed by atoms with Crippen LogP contribution in [-0.2, 0) is 0 Å². The van der Waals surface area contributed by atoms with E-state index in [2.05, 4.69) is 34.0 Å². The molecule has 0 atom stereocenters. The second-order valence-electron chi connectivity index (χ2n) is 3.53. The highest BCUT2D eigenvalue weighted by molar-refractivity contribution is 9.12. The maximum Gasteiger partial charge on any atom is 0.151 e. The maximum atomic E-state index is 5.95. The summed E-state index contributed by atoms with van der Waals surface area (Å²) in [6.07, 6.45) is 8.14. The average molecular weight is 304 g/mol. The Morgan fingerprint density at radius 3 is 2.88 bits per heavy atom. The molecule has 0 spiro atoms. The van der Waals surface area contributed by atoms with Crippen molar-refractivity contribution < 1.29 is 0 Å². The van der Waals surface area contributed by atoms with Gasteiger partial charge in [-0.3, -0.25) is 0 Å². The first-order chi connectivity index (χ1) is 7.60. The predicted molar refractivity (Wildman–Crippen MR) is 74.6 cm³/mol. The molecular formula is C12H16BrClN2. The molecule has 1 aliphatic heterocycles. The Hall–Kier alpha value is -0.540. The zero-order valence-electron chi connectivity index (χ0n) is 9.80. The molecular weight excluding hydrogens is 288 g/mol. The van der Waals surface area contributed by atoms with Gasteiger partial charge >= 0.3 is 0 Å². The van der Waals surface area contributed by atoms with Gasteiger partial charge in [-0.15, -0.1) is 0 Å². The van der Waals surface area contributed by atoms with E-state index in [1.807, 2.05) is 31.0 Å². The van der Waals surface area contributed by atoms with Crippen molar-refractivity contribution in [3.63, 3.8) is 0 Å². The minimum absolute atomic E-state index is 0.488. The number of nitrogens with zero attached hydrogens (tertiary/aromatic N) is 2. The molecule has 0 unspecified atom stereocenters. The molecule has 0 fully saturated rings. The van der Waals surface area contributed by atoms with Crippen LogP contribution in [0.5, 0.6) is 0 Å². The van der Waals surface area contributed by atoms with Gasteiger partial charge in [-0.25, -0.2) is 5.01 Å². The van der Waals surface area contributed by atoms with Gasteiger partial charge in [-0.05, 0) is 42.3 Å². The minimum atomic E-state index is 0.488. The summed E-state index contributed by atoms with van der Waals surface area (Å²) in [6, 6.07) is 0. The topological polar surface area (TPSA) is 15.6 Å². The quantitative estimate of drug-likeness (QED) is 0.735. The minimum Gasteiger partial charge on any atom is -0.236 e. The Kier molecular flexibility index (Phi) is 5.29. The maximum absolute atomic E-state index is 5.95. The van der Waals surface area contributed by atoms with Crippen molar-refractivity contribution >= 4 is 32.7 Å². The van der Waals surface area contributed by atoms with E-state index in [9.17, 15) is 0 Å². The fourth-order valence-corrected chi connectivity index (χ4v) is 2.18. The van der Waals surface area contributed by atoms with Crippen molar-refractivity contribution in [2.75, 3.05) is 0 Å². The first-order valence-electron chi connectivity index (χ1n) is 5.35. The van der Waals surface area contributed by atoms with Crippen LogP contribution in [0.15, 0.2) is 39.2 Å².